The molecule has 4 nitrogen and oxygen atoms in total. The highest BCUT2D eigenvalue weighted by Gasteiger charge is 2.33. The molecule has 0 aromatic heterocycles. The van der Waals surface area contributed by atoms with Crippen molar-refractivity contribution in [3.05, 3.63) is 71.3 Å². The highest BCUT2D eigenvalue weighted by Crippen LogP contribution is 2.40. The lowest BCUT2D eigenvalue weighted by Gasteiger charge is -2.20. The van der Waals surface area contributed by atoms with Gasteiger partial charge in [-0.25, -0.2) is 4.79 Å². The molecular formula is C21H27N3O. The minimum atomic E-state index is -0.0968. The Morgan fingerprint density at radius 3 is 2.32 bits per heavy atom. The molecule has 0 unspecified atom stereocenters. The number of nitrogens with zero attached hydrogens (tertiary/aromatic N) is 1. The number of hydrogen-bond donors (Lipinski definition) is 2. The van der Waals surface area contributed by atoms with E-state index in [2.05, 4.69) is 53.9 Å². The van der Waals surface area contributed by atoms with Gasteiger partial charge in [0.1, 0.15) is 0 Å². The van der Waals surface area contributed by atoms with Crippen molar-refractivity contribution in [2.45, 2.75) is 32.0 Å². The first kappa shape index (κ1) is 17.5. The molecule has 0 aliphatic heterocycles. The van der Waals surface area contributed by atoms with E-state index in [-0.39, 0.29) is 12.1 Å². The summed E-state index contributed by atoms with van der Waals surface area (Å²) in [6.45, 7) is 1.41. The first-order valence-corrected chi connectivity index (χ1v) is 8.94. The summed E-state index contributed by atoms with van der Waals surface area (Å²) < 4.78 is 0. The number of hydrogen-bond acceptors (Lipinski definition) is 2. The zero-order chi connectivity index (χ0) is 17.6. The van der Waals surface area contributed by atoms with Crippen LogP contribution in [0.4, 0.5) is 4.79 Å². The molecule has 0 saturated heterocycles. The molecule has 1 fully saturated rings. The van der Waals surface area contributed by atoms with E-state index in [9.17, 15) is 4.79 Å². The van der Waals surface area contributed by atoms with Crippen LogP contribution in [0.25, 0.3) is 0 Å². The molecule has 25 heavy (non-hydrogen) atoms. The van der Waals surface area contributed by atoms with Crippen LogP contribution in [-0.2, 0) is 13.1 Å². The van der Waals surface area contributed by atoms with Crippen LogP contribution in [-0.4, -0.2) is 25.0 Å². The van der Waals surface area contributed by atoms with Crippen molar-refractivity contribution in [1.29, 1.82) is 0 Å². The Kier molecular flexibility index (Phi) is 5.71. The van der Waals surface area contributed by atoms with Crippen LogP contribution in [0.1, 0.15) is 35.6 Å². The summed E-state index contributed by atoms with van der Waals surface area (Å²) >= 11 is 0. The predicted octanol–water partition coefficient (Wildman–Crippen LogP) is 3.70. The molecule has 1 saturated carbocycles. The zero-order valence-corrected chi connectivity index (χ0v) is 15.0. The second-order valence-corrected chi connectivity index (χ2v) is 7.06. The van der Waals surface area contributed by atoms with Crippen molar-refractivity contribution in [2.75, 3.05) is 14.1 Å². The smallest absolute Gasteiger partial charge is 0.315 e. The number of benzene rings is 2. The molecule has 2 amide bonds. The van der Waals surface area contributed by atoms with Gasteiger partial charge in [0.2, 0.25) is 0 Å². The predicted molar refractivity (Wildman–Crippen MR) is 101 cm³/mol. The van der Waals surface area contributed by atoms with Crippen molar-refractivity contribution >= 4 is 6.03 Å². The summed E-state index contributed by atoms with van der Waals surface area (Å²) in [5.74, 6) is 0.564. The Hall–Kier alpha value is -2.33. The van der Waals surface area contributed by atoms with Gasteiger partial charge in [0.05, 0.1) is 6.04 Å². The molecule has 2 aromatic rings. The van der Waals surface area contributed by atoms with Gasteiger partial charge in [0, 0.05) is 13.1 Å². The molecule has 1 atom stereocenters. The molecule has 0 spiro atoms. The number of carbonyl (C=O) groups excluding carboxylic acids is 1. The van der Waals surface area contributed by atoms with Crippen LogP contribution < -0.4 is 10.6 Å². The van der Waals surface area contributed by atoms with Gasteiger partial charge >= 0.3 is 6.03 Å². The monoisotopic (exact) mass is 337 g/mol. The van der Waals surface area contributed by atoms with Crippen molar-refractivity contribution in [3.63, 3.8) is 0 Å². The second-order valence-electron chi connectivity index (χ2n) is 7.06. The Morgan fingerprint density at radius 1 is 1.04 bits per heavy atom. The quantitative estimate of drug-likeness (QED) is 0.809. The molecule has 3 rings (SSSR count). The van der Waals surface area contributed by atoms with Gasteiger partial charge < -0.3 is 15.5 Å². The largest absolute Gasteiger partial charge is 0.334 e. The summed E-state index contributed by atoms with van der Waals surface area (Å²) in [6, 6.07) is 18.5. The van der Waals surface area contributed by atoms with Crippen molar-refractivity contribution in [2.24, 2.45) is 5.92 Å². The summed E-state index contributed by atoms with van der Waals surface area (Å²) in [4.78, 5) is 14.6. The van der Waals surface area contributed by atoms with Gasteiger partial charge in [-0.15, -0.1) is 0 Å². The average molecular weight is 337 g/mol. The summed E-state index contributed by atoms with van der Waals surface area (Å²) in [5.41, 5.74) is 3.59. The van der Waals surface area contributed by atoms with Gasteiger partial charge in [0.25, 0.3) is 0 Å². The van der Waals surface area contributed by atoms with Gasteiger partial charge in [-0.05, 0) is 49.5 Å². The van der Waals surface area contributed by atoms with Gasteiger partial charge in [-0.2, -0.15) is 0 Å². The third kappa shape index (κ3) is 5.07. The third-order valence-corrected chi connectivity index (χ3v) is 4.58. The van der Waals surface area contributed by atoms with Crippen LogP contribution >= 0.6 is 0 Å². The molecule has 1 aliphatic carbocycles. The lowest BCUT2D eigenvalue weighted by atomic mass is 10.0. The molecule has 0 bridgehead atoms. The third-order valence-electron chi connectivity index (χ3n) is 4.58. The summed E-state index contributed by atoms with van der Waals surface area (Å²) in [6.07, 6.45) is 2.37. The maximum atomic E-state index is 12.4. The fourth-order valence-electron chi connectivity index (χ4n) is 3.16. The molecule has 2 N–H and O–H groups in total. The maximum absolute atomic E-state index is 12.4. The van der Waals surface area contributed by atoms with Crippen molar-refractivity contribution < 1.29 is 4.79 Å². The van der Waals surface area contributed by atoms with Crippen LogP contribution in [0.3, 0.4) is 0 Å². The molecule has 132 valence electrons. The highest BCUT2D eigenvalue weighted by atomic mass is 16.2. The van der Waals surface area contributed by atoms with Gasteiger partial charge in [-0.1, -0.05) is 54.6 Å². The van der Waals surface area contributed by atoms with E-state index in [1.54, 1.807) is 0 Å². The maximum Gasteiger partial charge on any atom is 0.315 e. The fraction of sp³-hybridized carbons (Fsp3) is 0.381. The molecule has 2 aromatic carbocycles. The zero-order valence-electron chi connectivity index (χ0n) is 15.0. The summed E-state index contributed by atoms with van der Waals surface area (Å²) in [5, 5.41) is 6.19. The SMILES string of the molecule is CN(C)Cc1ccccc1CNC(=O)N[C@@H](c1ccccc1)C1CC1. The molecule has 0 heterocycles. The lowest BCUT2D eigenvalue weighted by Crippen LogP contribution is -2.38. The van der Waals surface area contributed by atoms with Crippen LogP contribution in [0.5, 0.6) is 0 Å². The van der Waals surface area contributed by atoms with Gasteiger partial charge in [0.15, 0.2) is 0 Å². The Bertz CT molecular complexity index is 695. The van der Waals surface area contributed by atoms with E-state index >= 15 is 0 Å². The van der Waals surface area contributed by atoms with E-state index in [1.165, 1.54) is 24.0 Å². The highest BCUT2D eigenvalue weighted by molar-refractivity contribution is 5.74. The minimum absolute atomic E-state index is 0.0968. The van der Waals surface area contributed by atoms with Crippen LogP contribution in [0, 0.1) is 5.92 Å². The first-order valence-electron chi connectivity index (χ1n) is 8.94. The molecule has 1 aliphatic rings. The minimum Gasteiger partial charge on any atom is -0.334 e. The van der Waals surface area contributed by atoms with Crippen molar-refractivity contribution in [3.8, 4) is 0 Å². The topological polar surface area (TPSA) is 44.4 Å². The Balaban J connectivity index is 1.59. The number of amides is 2. The normalized spacial score (nSPS) is 15.0. The number of nitrogens with one attached hydrogen (secondary N) is 2. The van der Waals surface area contributed by atoms with Crippen LogP contribution in [0.15, 0.2) is 54.6 Å². The molecular weight excluding hydrogens is 310 g/mol. The number of carbonyl (C=O) groups is 1. The van der Waals surface area contributed by atoms with E-state index in [0.29, 0.717) is 12.5 Å². The first-order chi connectivity index (χ1) is 12.1. The standard InChI is InChI=1S/C21H27N3O/c1-24(2)15-19-11-7-6-10-18(19)14-22-21(25)23-20(17-12-13-17)16-8-4-3-5-9-16/h3-11,17,20H,12-15H2,1-2H3,(H2,22,23,25)/t20-/m0/s1. The number of urea groups is 1. The Morgan fingerprint density at radius 2 is 1.68 bits per heavy atom. The number of rotatable bonds is 7. The second kappa shape index (κ2) is 8.17. The van der Waals surface area contributed by atoms with Crippen LogP contribution in [0.2, 0.25) is 0 Å². The van der Waals surface area contributed by atoms with E-state index in [0.717, 1.165) is 12.1 Å². The van der Waals surface area contributed by atoms with E-state index < -0.39 is 0 Å². The fourth-order valence-corrected chi connectivity index (χ4v) is 3.16. The molecule has 0 radical (unpaired) electrons. The average Bonchev–Trinajstić information content (AvgIpc) is 3.44. The lowest BCUT2D eigenvalue weighted by molar-refractivity contribution is 0.235. The molecule has 4 heteroatoms. The Labute approximate surface area is 150 Å². The van der Waals surface area contributed by atoms with E-state index in [1.807, 2.05) is 30.3 Å². The van der Waals surface area contributed by atoms with E-state index in [4.69, 9.17) is 0 Å². The van der Waals surface area contributed by atoms with Gasteiger partial charge in [-0.3, -0.25) is 0 Å². The van der Waals surface area contributed by atoms with Crippen molar-refractivity contribution in [1.82, 2.24) is 15.5 Å². The summed E-state index contributed by atoms with van der Waals surface area (Å²) in [7, 11) is 4.11.